The molecule has 0 unspecified atom stereocenters. The molecule has 0 bridgehead atoms. The van der Waals surface area contributed by atoms with E-state index >= 15 is 0 Å². The number of aryl methyl sites for hydroxylation is 1. The first kappa shape index (κ1) is 13.8. The van der Waals surface area contributed by atoms with Gasteiger partial charge < -0.3 is 0 Å². The van der Waals surface area contributed by atoms with E-state index in [0.717, 1.165) is 21.6 Å². The number of benzene rings is 1. The maximum atomic E-state index is 13.1. The Hall–Kier alpha value is -1.28. The average molecular weight is 248 g/mol. The molecular weight excluding hydrogens is 231 g/mol. The van der Waals surface area contributed by atoms with E-state index < -0.39 is 0 Å². The van der Waals surface area contributed by atoms with Crippen LogP contribution in [0, 0.1) is 6.92 Å². The van der Waals surface area contributed by atoms with Crippen molar-refractivity contribution in [1.82, 2.24) is 0 Å². The Morgan fingerprint density at radius 2 is 2.12 bits per heavy atom. The van der Waals surface area contributed by atoms with Crippen LogP contribution in [0.25, 0.3) is 5.57 Å². The first-order valence-electron chi connectivity index (χ1n) is 5.57. The second kappa shape index (κ2) is 6.45. The lowest BCUT2D eigenvalue weighted by Gasteiger charge is -2.05. The molecule has 2 heteroatoms. The number of thiol groups is 1. The molecule has 0 fully saturated rings. The number of allylic oxidation sites excluding steroid dienone is 5. The first-order chi connectivity index (χ1) is 8.08. The highest BCUT2D eigenvalue weighted by atomic mass is 32.1. The van der Waals surface area contributed by atoms with Gasteiger partial charge in [0, 0.05) is 4.90 Å². The van der Waals surface area contributed by atoms with Gasteiger partial charge in [-0.05, 0) is 42.2 Å². The van der Waals surface area contributed by atoms with E-state index in [1.54, 1.807) is 19.1 Å². The minimum atomic E-state index is -0.133. The second-order valence-electron chi connectivity index (χ2n) is 3.79. The molecule has 1 rings (SSSR count). The predicted molar refractivity (Wildman–Crippen MR) is 76.1 cm³/mol. The zero-order chi connectivity index (χ0) is 12.8. The maximum absolute atomic E-state index is 13.1. The molecule has 90 valence electrons. The van der Waals surface area contributed by atoms with E-state index in [2.05, 4.69) is 19.2 Å². The summed E-state index contributed by atoms with van der Waals surface area (Å²) in [4.78, 5) is 0.951. The summed E-state index contributed by atoms with van der Waals surface area (Å²) < 4.78 is 13.1. The summed E-state index contributed by atoms with van der Waals surface area (Å²) >= 11 is 4.33. The zero-order valence-electron chi connectivity index (χ0n) is 10.2. The van der Waals surface area contributed by atoms with Gasteiger partial charge in [0.1, 0.15) is 0 Å². The quantitative estimate of drug-likeness (QED) is 0.555. The van der Waals surface area contributed by atoms with E-state index in [1.165, 1.54) is 6.08 Å². The summed E-state index contributed by atoms with van der Waals surface area (Å²) in [6, 6.07) is 5.92. The summed E-state index contributed by atoms with van der Waals surface area (Å²) in [5, 5.41) is 0. The largest absolute Gasteiger partial charge is 0.212 e. The molecule has 17 heavy (non-hydrogen) atoms. The van der Waals surface area contributed by atoms with Crippen molar-refractivity contribution >= 4 is 18.2 Å². The van der Waals surface area contributed by atoms with Crippen LogP contribution in [-0.4, -0.2) is 0 Å². The van der Waals surface area contributed by atoms with Gasteiger partial charge in [0.15, 0.2) is 0 Å². The third-order valence-electron chi connectivity index (χ3n) is 2.53. The summed E-state index contributed by atoms with van der Waals surface area (Å²) in [5.74, 6) is -0.133. The fraction of sp³-hybridized carbons (Fsp3) is 0.200. The van der Waals surface area contributed by atoms with Crippen LogP contribution in [0.5, 0.6) is 0 Å². The van der Waals surface area contributed by atoms with Crippen molar-refractivity contribution in [1.29, 1.82) is 0 Å². The van der Waals surface area contributed by atoms with E-state index in [-0.39, 0.29) is 5.83 Å². The van der Waals surface area contributed by atoms with E-state index in [4.69, 9.17) is 0 Å². The summed E-state index contributed by atoms with van der Waals surface area (Å²) in [6.07, 6.45) is 5.38. The van der Waals surface area contributed by atoms with Gasteiger partial charge in [-0.3, -0.25) is 0 Å². The molecule has 1 aromatic rings. The van der Waals surface area contributed by atoms with Gasteiger partial charge >= 0.3 is 0 Å². The van der Waals surface area contributed by atoms with Crippen molar-refractivity contribution in [3.8, 4) is 0 Å². The summed E-state index contributed by atoms with van der Waals surface area (Å²) in [7, 11) is 0. The molecule has 0 amide bonds. The highest BCUT2D eigenvalue weighted by Gasteiger charge is 1.99. The summed E-state index contributed by atoms with van der Waals surface area (Å²) in [6.45, 7) is 7.53. The molecule has 1 aromatic carbocycles. The van der Waals surface area contributed by atoms with Crippen LogP contribution in [-0.2, 0) is 0 Å². The minimum Gasteiger partial charge on any atom is -0.212 e. The smallest absolute Gasteiger partial charge is 0.0997 e. The van der Waals surface area contributed by atoms with Crippen LogP contribution in [0.4, 0.5) is 4.39 Å². The van der Waals surface area contributed by atoms with Gasteiger partial charge in [-0.25, -0.2) is 4.39 Å². The topological polar surface area (TPSA) is 0 Å². The minimum absolute atomic E-state index is 0.133. The van der Waals surface area contributed by atoms with Crippen LogP contribution >= 0.6 is 12.6 Å². The van der Waals surface area contributed by atoms with Gasteiger partial charge in [0.25, 0.3) is 0 Å². The van der Waals surface area contributed by atoms with Gasteiger partial charge in [0.2, 0.25) is 0 Å². The van der Waals surface area contributed by atoms with Crippen LogP contribution < -0.4 is 0 Å². The Labute approximate surface area is 108 Å². The molecule has 0 saturated carbocycles. The highest BCUT2D eigenvalue weighted by Crippen LogP contribution is 2.21. The third kappa shape index (κ3) is 3.90. The third-order valence-corrected chi connectivity index (χ3v) is 3.03. The lowest BCUT2D eigenvalue weighted by Crippen LogP contribution is -1.84. The average Bonchev–Trinajstić information content (AvgIpc) is 2.33. The van der Waals surface area contributed by atoms with Crippen LogP contribution in [0.15, 0.2) is 53.7 Å². The monoisotopic (exact) mass is 248 g/mol. The van der Waals surface area contributed by atoms with Crippen molar-refractivity contribution in [2.45, 2.75) is 25.2 Å². The van der Waals surface area contributed by atoms with Crippen LogP contribution in [0.1, 0.15) is 24.5 Å². The molecule has 0 spiro atoms. The standard InChI is InChI=1S/C15H17FS/c1-4-12(6-8-14(16)5-2)13-7-9-15(17)11(3)10-13/h4,6-10,17H,1,5H2,2-3H3/b12-6+,14-8+. The zero-order valence-corrected chi connectivity index (χ0v) is 11.1. The molecule has 0 saturated heterocycles. The Kier molecular flexibility index (Phi) is 5.23. The van der Waals surface area contributed by atoms with Crippen molar-refractivity contribution in [3.05, 3.63) is 60.0 Å². The molecule has 0 aliphatic carbocycles. The first-order valence-corrected chi connectivity index (χ1v) is 6.02. The normalized spacial score (nSPS) is 12.7. The fourth-order valence-corrected chi connectivity index (χ4v) is 1.55. The SMILES string of the molecule is C=C/C(=C\C=C(\F)CC)c1ccc(S)c(C)c1. The van der Waals surface area contributed by atoms with E-state index in [9.17, 15) is 4.39 Å². The van der Waals surface area contributed by atoms with E-state index in [1.807, 2.05) is 25.1 Å². The number of halogens is 1. The van der Waals surface area contributed by atoms with Crippen molar-refractivity contribution in [3.63, 3.8) is 0 Å². The van der Waals surface area contributed by atoms with Crippen LogP contribution in [0.3, 0.4) is 0 Å². The van der Waals surface area contributed by atoms with E-state index in [0.29, 0.717) is 6.42 Å². The predicted octanol–water partition coefficient (Wildman–Crippen LogP) is 5.12. The Balaban J connectivity index is 3.10. The molecule has 0 aliphatic heterocycles. The Morgan fingerprint density at radius 1 is 1.41 bits per heavy atom. The van der Waals surface area contributed by atoms with Crippen molar-refractivity contribution in [2.75, 3.05) is 0 Å². The molecule has 0 aromatic heterocycles. The van der Waals surface area contributed by atoms with Gasteiger partial charge in [-0.2, -0.15) is 0 Å². The van der Waals surface area contributed by atoms with Gasteiger partial charge in [0.05, 0.1) is 5.83 Å². The van der Waals surface area contributed by atoms with Crippen LogP contribution in [0.2, 0.25) is 0 Å². The molecule has 0 nitrogen and oxygen atoms in total. The van der Waals surface area contributed by atoms with Gasteiger partial charge in [-0.15, -0.1) is 12.6 Å². The Morgan fingerprint density at radius 3 is 2.65 bits per heavy atom. The highest BCUT2D eigenvalue weighted by molar-refractivity contribution is 7.80. The summed E-state index contributed by atoms with van der Waals surface area (Å²) in [5.41, 5.74) is 3.03. The molecule has 0 aliphatic rings. The second-order valence-corrected chi connectivity index (χ2v) is 4.28. The number of hydrogen-bond acceptors (Lipinski definition) is 1. The number of rotatable bonds is 4. The molecular formula is C15H17FS. The molecule has 0 radical (unpaired) electrons. The number of hydrogen-bond donors (Lipinski definition) is 1. The Bertz CT molecular complexity index is 470. The lowest BCUT2D eigenvalue weighted by molar-refractivity contribution is 0.605. The maximum Gasteiger partial charge on any atom is 0.0997 e. The van der Waals surface area contributed by atoms with Gasteiger partial charge in [-0.1, -0.05) is 37.8 Å². The fourth-order valence-electron chi connectivity index (χ4n) is 1.42. The molecule has 0 N–H and O–H groups in total. The molecule has 0 atom stereocenters. The molecule has 0 heterocycles. The lowest BCUT2D eigenvalue weighted by atomic mass is 10.0. The van der Waals surface area contributed by atoms with Crippen molar-refractivity contribution in [2.24, 2.45) is 0 Å². The van der Waals surface area contributed by atoms with Crippen molar-refractivity contribution < 1.29 is 4.39 Å².